The molecule has 16 heavy (non-hydrogen) atoms. The lowest BCUT2D eigenvalue weighted by Crippen LogP contribution is -2.12. The van der Waals surface area contributed by atoms with Crippen LogP contribution in [0.25, 0.3) is 0 Å². The Morgan fingerprint density at radius 2 is 2.38 bits per heavy atom. The molecule has 1 aliphatic heterocycles. The first-order valence-electron chi connectivity index (χ1n) is 5.40. The van der Waals surface area contributed by atoms with E-state index in [1.807, 2.05) is 19.9 Å². The standard InChI is InChI=1S/C11H14N2O2S/c1-7(2)9-11(16-13-12-9)10(14)8-5-3-4-6-15-8/h5,7H,3-4,6H2,1-2H3. The van der Waals surface area contributed by atoms with Crippen molar-refractivity contribution in [1.29, 1.82) is 0 Å². The van der Waals surface area contributed by atoms with E-state index >= 15 is 0 Å². The first-order valence-corrected chi connectivity index (χ1v) is 6.17. The van der Waals surface area contributed by atoms with Crippen molar-refractivity contribution in [3.63, 3.8) is 0 Å². The molecule has 5 heteroatoms. The summed E-state index contributed by atoms with van der Waals surface area (Å²) in [6.45, 7) is 4.63. The maximum atomic E-state index is 12.1. The van der Waals surface area contributed by atoms with E-state index in [0.29, 0.717) is 17.2 Å². The van der Waals surface area contributed by atoms with Gasteiger partial charge in [-0.25, -0.2) is 0 Å². The van der Waals surface area contributed by atoms with Gasteiger partial charge in [-0.15, -0.1) is 5.10 Å². The number of ether oxygens (including phenoxy) is 1. The number of rotatable bonds is 3. The Morgan fingerprint density at radius 1 is 1.56 bits per heavy atom. The third kappa shape index (κ3) is 2.14. The van der Waals surface area contributed by atoms with Gasteiger partial charge in [0.1, 0.15) is 4.88 Å². The zero-order chi connectivity index (χ0) is 11.5. The molecule has 0 radical (unpaired) electrons. The molecule has 0 bridgehead atoms. The highest BCUT2D eigenvalue weighted by atomic mass is 32.1. The molecule has 0 saturated carbocycles. The molecular weight excluding hydrogens is 224 g/mol. The van der Waals surface area contributed by atoms with E-state index in [9.17, 15) is 4.79 Å². The average Bonchev–Trinajstić information content (AvgIpc) is 2.78. The molecule has 0 aromatic carbocycles. The van der Waals surface area contributed by atoms with Crippen LogP contribution < -0.4 is 0 Å². The first-order chi connectivity index (χ1) is 7.70. The molecule has 0 fully saturated rings. The van der Waals surface area contributed by atoms with Gasteiger partial charge in [-0.1, -0.05) is 18.3 Å². The second-order valence-electron chi connectivity index (χ2n) is 4.03. The molecule has 1 aliphatic rings. The van der Waals surface area contributed by atoms with Gasteiger partial charge in [0.2, 0.25) is 5.78 Å². The number of allylic oxidation sites excluding steroid dienone is 2. The van der Waals surface area contributed by atoms with Crippen molar-refractivity contribution in [2.45, 2.75) is 32.6 Å². The summed E-state index contributed by atoms with van der Waals surface area (Å²) in [7, 11) is 0. The fourth-order valence-corrected chi connectivity index (χ4v) is 2.32. The summed E-state index contributed by atoms with van der Waals surface area (Å²) in [6.07, 6.45) is 3.74. The van der Waals surface area contributed by atoms with Crippen LogP contribution in [-0.4, -0.2) is 22.0 Å². The van der Waals surface area contributed by atoms with Gasteiger partial charge in [0.05, 0.1) is 12.3 Å². The lowest BCUT2D eigenvalue weighted by Gasteiger charge is -2.13. The van der Waals surface area contributed by atoms with E-state index in [0.717, 1.165) is 30.1 Å². The number of nitrogens with zero attached hydrogens (tertiary/aromatic N) is 2. The molecule has 1 aromatic rings. The van der Waals surface area contributed by atoms with Crippen LogP contribution in [0, 0.1) is 0 Å². The molecule has 0 amide bonds. The Hall–Kier alpha value is -1.23. The minimum absolute atomic E-state index is 0.0709. The molecule has 2 rings (SSSR count). The fourth-order valence-electron chi connectivity index (χ4n) is 1.56. The largest absolute Gasteiger partial charge is 0.490 e. The quantitative estimate of drug-likeness (QED) is 0.759. The number of hydrogen-bond acceptors (Lipinski definition) is 5. The van der Waals surface area contributed by atoms with Crippen molar-refractivity contribution in [3.8, 4) is 0 Å². The topological polar surface area (TPSA) is 52.1 Å². The third-order valence-electron chi connectivity index (χ3n) is 2.43. The predicted molar refractivity (Wildman–Crippen MR) is 61.6 cm³/mol. The normalized spacial score (nSPS) is 15.8. The highest BCUT2D eigenvalue weighted by Gasteiger charge is 2.23. The van der Waals surface area contributed by atoms with E-state index in [-0.39, 0.29) is 11.7 Å². The monoisotopic (exact) mass is 238 g/mol. The minimum atomic E-state index is -0.0709. The van der Waals surface area contributed by atoms with Crippen LogP contribution in [0.15, 0.2) is 11.8 Å². The van der Waals surface area contributed by atoms with E-state index in [1.165, 1.54) is 0 Å². The second kappa shape index (κ2) is 4.74. The van der Waals surface area contributed by atoms with Crippen LogP contribution >= 0.6 is 11.5 Å². The Bertz CT molecular complexity index is 423. The molecule has 0 aliphatic carbocycles. The number of hydrogen-bond donors (Lipinski definition) is 0. The van der Waals surface area contributed by atoms with Gasteiger partial charge in [0.15, 0.2) is 5.76 Å². The number of aromatic nitrogens is 2. The lowest BCUT2D eigenvalue weighted by atomic mass is 10.1. The molecule has 0 unspecified atom stereocenters. The number of ketones is 1. The highest BCUT2D eigenvalue weighted by Crippen LogP contribution is 2.24. The van der Waals surface area contributed by atoms with Gasteiger partial charge in [-0.3, -0.25) is 4.79 Å². The Kier molecular flexibility index (Phi) is 3.33. The van der Waals surface area contributed by atoms with Gasteiger partial charge >= 0.3 is 0 Å². The smallest absolute Gasteiger partial charge is 0.240 e. The van der Waals surface area contributed by atoms with Crippen LogP contribution in [0.3, 0.4) is 0 Å². The summed E-state index contributed by atoms with van der Waals surface area (Å²) in [6, 6.07) is 0. The van der Waals surface area contributed by atoms with Crippen LogP contribution in [0.4, 0.5) is 0 Å². The Labute approximate surface area is 98.5 Å². The summed E-state index contributed by atoms with van der Waals surface area (Å²) in [5.41, 5.74) is 0.769. The van der Waals surface area contributed by atoms with Gasteiger partial charge in [0, 0.05) is 0 Å². The minimum Gasteiger partial charge on any atom is -0.490 e. The summed E-state index contributed by atoms with van der Waals surface area (Å²) in [5.74, 6) is 0.597. The Morgan fingerprint density at radius 3 is 3.00 bits per heavy atom. The van der Waals surface area contributed by atoms with Crippen molar-refractivity contribution in [2.24, 2.45) is 0 Å². The molecule has 0 N–H and O–H groups in total. The maximum Gasteiger partial charge on any atom is 0.240 e. The maximum absolute atomic E-state index is 12.1. The number of Topliss-reactive ketones (excluding diaryl/α,β-unsaturated/α-hetero) is 1. The SMILES string of the molecule is CC(C)c1nnsc1C(=O)C1=CCCCO1. The molecule has 0 spiro atoms. The molecule has 1 aromatic heterocycles. The molecule has 2 heterocycles. The number of carbonyl (C=O) groups is 1. The van der Waals surface area contributed by atoms with Crippen molar-refractivity contribution in [2.75, 3.05) is 6.61 Å². The zero-order valence-electron chi connectivity index (χ0n) is 9.40. The zero-order valence-corrected chi connectivity index (χ0v) is 10.2. The molecule has 0 atom stereocenters. The van der Waals surface area contributed by atoms with Crippen LogP contribution in [-0.2, 0) is 4.74 Å². The summed E-state index contributed by atoms with van der Waals surface area (Å²) in [4.78, 5) is 12.7. The second-order valence-corrected chi connectivity index (χ2v) is 4.78. The van der Waals surface area contributed by atoms with Gasteiger partial charge in [0.25, 0.3) is 0 Å². The van der Waals surface area contributed by atoms with E-state index in [2.05, 4.69) is 9.59 Å². The average molecular weight is 238 g/mol. The van der Waals surface area contributed by atoms with Gasteiger partial charge < -0.3 is 4.74 Å². The van der Waals surface area contributed by atoms with Crippen molar-refractivity contribution >= 4 is 17.3 Å². The van der Waals surface area contributed by atoms with Crippen LogP contribution in [0.5, 0.6) is 0 Å². The lowest BCUT2D eigenvalue weighted by molar-refractivity contribution is 0.0901. The summed E-state index contributed by atoms with van der Waals surface area (Å²) < 4.78 is 9.21. The van der Waals surface area contributed by atoms with Gasteiger partial charge in [-0.05, 0) is 36.4 Å². The van der Waals surface area contributed by atoms with Crippen molar-refractivity contribution in [1.82, 2.24) is 9.59 Å². The van der Waals surface area contributed by atoms with Crippen molar-refractivity contribution in [3.05, 3.63) is 22.4 Å². The predicted octanol–water partition coefficient (Wildman–Crippen LogP) is 2.54. The Balaban J connectivity index is 2.26. The first kappa shape index (κ1) is 11.3. The molecular formula is C11H14N2O2S. The molecule has 86 valence electrons. The molecule has 0 saturated heterocycles. The fraction of sp³-hybridized carbons (Fsp3) is 0.545. The number of carbonyl (C=O) groups excluding carboxylic acids is 1. The summed E-state index contributed by atoms with van der Waals surface area (Å²) in [5, 5.41) is 4.00. The molecule has 4 nitrogen and oxygen atoms in total. The van der Waals surface area contributed by atoms with E-state index in [4.69, 9.17) is 4.74 Å². The van der Waals surface area contributed by atoms with E-state index < -0.39 is 0 Å². The van der Waals surface area contributed by atoms with Crippen LogP contribution in [0.1, 0.15) is 48.0 Å². The summed E-state index contributed by atoms with van der Waals surface area (Å²) >= 11 is 1.15. The highest BCUT2D eigenvalue weighted by molar-refractivity contribution is 7.08. The van der Waals surface area contributed by atoms with E-state index in [1.54, 1.807) is 0 Å². The van der Waals surface area contributed by atoms with Crippen molar-refractivity contribution < 1.29 is 9.53 Å². The third-order valence-corrected chi connectivity index (χ3v) is 3.17. The van der Waals surface area contributed by atoms with Crippen LogP contribution in [0.2, 0.25) is 0 Å². The van der Waals surface area contributed by atoms with Gasteiger partial charge in [-0.2, -0.15) is 0 Å².